The van der Waals surface area contributed by atoms with Crippen LogP contribution in [0.3, 0.4) is 0 Å². The van der Waals surface area contributed by atoms with Crippen LogP contribution in [0.25, 0.3) is 0 Å². The minimum atomic E-state index is 0.179. The van der Waals surface area contributed by atoms with Crippen molar-refractivity contribution >= 4 is 17.5 Å². The number of hydrogen-bond acceptors (Lipinski definition) is 1. The van der Waals surface area contributed by atoms with Gasteiger partial charge in [-0.1, -0.05) is 44.9 Å². The largest absolute Gasteiger partial charge is 0.355 e. The molecule has 3 heteroatoms. The molecule has 0 spiro atoms. The van der Waals surface area contributed by atoms with E-state index in [1.807, 2.05) is 0 Å². The molecular weight excluding hydrogens is 270 g/mol. The van der Waals surface area contributed by atoms with E-state index in [0.29, 0.717) is 11.8 Å². The molecule has 2 aliphatic carbocycles. The van der Waals surface area contributed by atoms with Gasteiger partial charge in [-0.05, 0) is 31.6 Å². The van der Waals surface area contributed by atoms with E-state index in [-0.39, 0.29) is 11.3 Å². The topological polar surface area (TPSA) is 29.1 Å². The number of carbonyl (C=O) groups excluding carboxylic acids is 1. The molecule has 0 saturated heterocycles. The molecule has 0 aromatic rings. The number of amides is 1. The Hall–Kier alpha value is -0.240. The lowest BCUT2D eigenvalue weighted by atomic mass is 9.75. The molecule has 0 heterocycles. The van der Waals surface area contributed by atoms with Gasteiger partial charge in [0.1, 0.15) is 0 Å². The van der Waals surface area contributed by atoms with Crippen molar-refractivity contribution in [2.24, 2.45) is 11.3 Å². The summed E-state index contributed by atoms with van der Waals surface area (Å²) in [5, 5.41) is 3.19. The molecule has 0 aliphatic heterocycles. The van der Waals surface area contributed by atoms with Crippen molar-refractivity contribution in [1.82, 2.24) is 5.32 Å². The summed E-state index contributed by atoms with van der Waals surface area (Å²) < 4.78 is 0. The average Bonchev–Trinajstić information content (AvgIpc) is 2.75. The normalized spacial score (nSPS) is 24.1. The number of nitrogens with one attached hydrogen (secondary N) is 1. The molecule has 2 saturated carbocycles. The van der Waals surface area contributed by atoms with Gasteiger partial charge in [0, 0.05) is 24.3 Å². The van der Waals surface area contributed by atoms with E-state index in [4.69, 9.17) is 11.6 Å². The summed E-state index contributed by atoms with van der Waals surface area (Å²) in [6.07, 6.45) is 14.8. The first-order chi connectivity index (χ1) is 9.74. The Morgan fingerprint density at radius 3 is 2.20 bits per heavy atom. The van der Waals surface area contributed by atoms with Gasteiger partial charge in [-0.15, -0.1) is 11.6 Å². The molecule has 0 unspecified atom stereocenters. The predicted octanol–water partition coefficient (Wildman–Crippen LogP) is 4.65. The Bertz CT molecular complexity index is 291. The summed E-state index contributed by atoms with van der Waals surface area (Å²) in [5.41, 5.74) is 0.179. The van der Waals surface area contributed by atoms with E-state index in [1.54, 1.807) is 0 Å². The maximum Gasteiger partial charge on any atom is 0.220 e. The van der Waals surface area contributed by atoms with Crippen LogP contribution in [-0.2, 0) is 4.79 Å². The van der Waals surface area contributed by atoms with Crippen LogP contribution in [-0.4, -0.2) is 18.3 Å². The first-order valence-electron chi connectivity index (χ1n) is 8.57. The third-order valence-corrected chi connectivity index (χ3v) is 5.87. The zero-order valence-electron chi connectivity index (χ0n) is 12.8. The Morgan fingerprint density at radius 2 is 1.60 bits per heavy atom. The molecule has 1 amide bonds. The smallest absolute Gasteiger partial charge is 0.220 e. The lowest BCUT2D eigenvalue weighted by Crippen LogP contribution is -2.40. The van der Waals surface area contributed by atoms with Gasteiger partial charge >= 0.3 is 0 Å². The molecule has 0 radical (unpaired) electrons. The first kappa shape index (κ1) is 16.1. The molecular formula is C17H30ClNO. The average molecular weight is 300 g/mol. The quantitative estimate of drug-likeness (QED) is 0.581. The molecule has 0 bridgehead atoms. The van der Waals surface area contributed by atoms with E-state index in [2.05, 4.69) is 5.32 Å². The molecule has 2 aliphatic rings. The summed E-state index contributed by atoms with van der Waals surface area (Å²) >= 11 is 6.18. The number of halogens is 1. The molecule has 2 rings (SSSR count). The summed E-state index contributed by atoms with van der Waals surface area (Å²) in [6, 6.07) is 0. The number of alkyl halides is 1. The van der Waals surface area contributed by atoms with E-state index < -0.39 is 0 Å². The van der Waals surface area contributed by atoms with Gasteiger partial charge in [-0.3, -0.25) is 4.79 Å². The monoisotopic (exact) mass is 299 g/mol. The SMILES string of the molecule is O=C(CC1CCCCCC1)NCC1(CCl)CCCCC1. The van der Waals surface area contributed by atoms with Crippen molar-refractivity contribution in [3.05, 3.63) is 0 Å². The van der Waals surface area contributed by atoms with E-state index >= 15 is 0 Å². The van der Waals surface area contributed by atoms with Crippen molar-refractivity contribution in [1.29, 1.82) is 0 Å². The van der Waals surface area contributed by atoms with Crippen molar-refractivity contribution in [3.63, 3.8) is 0 Å². The van der Waals surface area contributed by atoms with Crippen LogP contribution in [0.4, 0.5) is 0 Å². The predicted molar refractivity (Wildman–Crippen MR) is 85.1 cm³/mol. The van der Waals surface area contributed by atoms with E-state index in [9.17, 15) is 4.79 Å². The maximum atomic E-state index is 12.2. The Morgan fingerprint density at radius 1 is 1.00 bits per heavy atom. The molecule has 116 valence electrons. The van der Waals surface area contributed by atoms with Gasteiger partial charge in [0.25, 0.3) is 0 Å². The molecule has 2 fully saturated rings. The first-order valence-corrected chi connectivity index (χ1v) is 9.10. The van der Waals surface area contributed by atoms with Crippen LogP contribution < -0.4 is 5.32 Å². The lowest BCUT2D eigenvalue weighted by molar-refractivity contribution is -0.122. The zero-order chi connectivity index (χ0) is 14.3. The van der Waals surface area contributed by atoms with Crippen molar-refractivity contribution in [2.75, 3.05) is 12.4 Å². The van der Waals surface area contributed by atoms with Crippen LogP contribution in [0.5, 0.6) is 0 Å². The van der Waals surface area contributed by atoms with Crippen LogP contribution in [0.1, 0.15) is 77.0 Å². The highest BCUT2D eigenvalue weighted by Gasteiger charge is 2.31. The summed E-state index contributed by atoms with van der Waals surface area (Å²) in [5.74, 6) is 1.57. The highest BCUT2D eigenvalue weighted by atomic mass is 35.5. The summed E-state index contributed by atoms with van der Waals surface area (Å²) in [4.78, 5) is 12.2. The van der Waals surface area contributed by atoms with Gasteiger partial charge in [0.15, 0.2) is 0 Å². The van der Waals surface area contributed by atoms with Crippen molar-refractivity contribution < 1.29 is 4.79 Å². The molecule has 0 aromatic heterocycles. The van der Waals surface area contributed by atoms with Gasteiger partial charge in [0.05, 0.1) is 0 Å². The van der Waals surface area contributed by atoms with Crippen LogP contribution in [0.2, 0.25) is 0 Å². The van der Waals surface area contributed by atoms with Crippen LogP contribution in [0.15, 0.2) is 0 Å². The third kappa shape index (κ3) is 4.95. The minimum Gasteiger partial charge on any atom is -0.355 e. The number of carbonyl (C=O) groups is 1. The van der Waals surface area contributed by atoms with Crippen molar-refractivity contribution in [3.8, 4) is 0 Å². The minimum absolute atomic E-state index is 0.179. The van der Waals surface area contributed by atoms with Gasteiger partial charge in [-0.25, -0.2) is 0 Å². The van der Waals surface area contributed by atoms with Gasteiger partial charge < -0.3 is 5.32 Å². The number of hydrogen-bond donors (Lipinski definition) is 1. The molecule has 20 heavy (non-hydrogen) atoms. The highest BCUT2D eigenvalue weighted by Crippen LogP contribution is 2.36. The second-order valence-corrected chi connectivity index (χ2v) is 7.30. The standard InChI is InChI=1S/C17H30ClNO/c18-13-17(10-6-3-7-11-17)14-19-16(20)12-15-8-4-1-2-5-9-15/h15H,1-14H2,(H,19,20). The zero-order valence-corrected chi connectivity index (χ0v) is 13.5. The highest BCUT2D eigenvalue weighted by molar-refractivity contribution is 6.18. The molecule has 0 aromatic carbocycles. The Kier molecular flexibility index (Phi) is 6.67. The van der Waals surface area contributed by atoms with Crippen LogP contribution in [0, 0.1) is 11.3 Å². The van der Waals surface area contributed by atoms with Gasteiger partial charge in [-0.2, -0.15) is 0 Å². The Labute approximate surface area is 129 Å². The lowest BCUT2D eigenvalue weighted by Gasteiger charge is -2.35. The second-order valence-electron chi connectivity index (χ2n) is 7.03. The third-order valence-electron chi connectivity index (χ3n) is 5.31. The van der Waals surface area contributed by atoms with Gasteiger partial charge in [0.2, 0.25) is 5.91 Å². The fraction of sp³-hybridized carbons (Fsp3) is 0.941. The molecule has 0 atom stereocenters. The van der Waals surface area contributed by atoms with Crippen LogP contribution >= 0.6 is 11.6 Å². The van der Waals surface area contributed by atoms with E-state index in [1.165, 1.54) is 70.6 Å². The Balaban J connectivity index is 1.73. The fourth-order valence-electron chi connectivity index (χ4n) is 3.85. The van der Waals surface area contributed by atoms with Crippen molar-refractivity contribution in [2.45, 2.75) is 77.0 Å². The molecule has 2 nitrogen and oxygen atoms in total. The number of rotatable bonds is 5. The summed E-state index contributed by atoms with van der Waals surface area (Å²) in [7, 11) is 0. The van der Waals surface area contributed by atoms with E-state index in [0.717, 1.165) is 13.0 Å². The second kappa shape index (κ2) is 8.26. The summed E-state index contributed by atoms with van der Waals surface area (Å²) in [6.45, 7) is 0.794. The molecule has 1 N–H and O–H groups in total. The maximum absolute atomic E-state index is 12.2. The fourth-order valence-corrected chi connectivity index (χ4v) is 4.21.